The molecule has 0 unspecified atom stereocenters. The molecule has 0 saturated heterocycles. The van der Waals surface area contributed by atoms with E-state index < -0.39 is 5.41 Å². The molecule has 0 aliphatic heterocycles. The number of aryl methyl sites for hydroxylation is 2. The molecule has 61 heavy (non-hydrogen) atoms. The highest BCUT2D eigenvalue weighted by Crippen LogP contribution is 2.60. The van der Waals surface area contributed by atoms with Crippen LogP contribution in [-0.4, -0.2) is 0 Å². The Labute approximate surface area is 359 Å². The van der Waals surface area contributed by atoms with E-state index in [1.807, 2.05) is 0 Å². The highest BCUT2D eigenvalue weighted by Gasteiger charge is 2.49. The van der Waals surface area contributed by atoms with Gasteiger partial charge in [0.2, 0.25) is 0 Å². The zero-order chi connectivity index (χ0) is 40.7. The van der Waals surface area contributed by atoms with Gasteiger partial charge in [0.15, 0.2) is 0 Å². The molecule has 1 nitrogen and oxygen atoms in total. The van der Waals surface area contributed by atoms with E-state index in [9.17, 15) is 0 Å². The SMILES string of the molecule is CC1(C)c2ccccc2-c2ccc(N(c3ccc4c(c3)C3(c5ccccc5CCc5ccccc53)c3ccccc3-4)c3ccc(-c4ccccc4)cc3-c3ccccc3)cc21. The first-order valence-electron chi connectivity index (χ1n) is 21.7. The molecule has 9 aromatic rings. The van der Waals surface area contributed by atoms with Gasteiger partial charge in [-0.05, 0) is 133 Å². The van der Waals surface area contributed by atoms with Crippen LogP contribution in [-0.2, 0) is 23.7 Å². The summed E-state index contributed by atoms with van der Waals surface area (Å²) in [6, 6.07) is 79.9. The fourth-order valence-electron chi connectivity index (χ4n) is 11.3. The van der Waals surface area contributed by atoms with Gasteiger partial charge in [-0.15, -0.1) is 0 Å². The van der Waals surface area contributed by atoms with Crippen molar-refractivity contribution in [3.63, 3.8) is 0 Å². The number of hydrogen-bond acceptors (Lipinski definition) is 1. The van der Waals surface area contributed by atoms with E-state index in [0.717, 1.165) is 29.9 Å². The van der Waals surface area contributed by atoms with Crippen LogP contribution in [0.5, 0.6) is 0 Å². The minimum Gasteiger partial charge on any atom is -0.310 e. The number of fused-ring (bicyclic) bond motifs is 12. The van der Waals surface area contributed by atoms with E-state index in [0.29, 0.717) is 0 Å². The van der Waals surface area contributed by atoms with Gasteiger partial charge in [-0.1, -0.05) is 190 Å². The number of benzene rings is 9. The molecule has 0 bridgehead atoms. The van der Waals surface area contributed by atoms with Gasteiger partial charge in [0.05, 0.1) is 11.1 Å². The summed E-state index contributed by atoms with van der Waals surface area (Å²) in [6.45, 7) is 4.76. The van der Waals surface area contributed by atoms with Crippen molar-refractivity contribution in [1.82, 2.24) is 0 Å². The van der Waals surface area contributed by atoms with Gasteiger partial charge >= 0.3 is 0 Å². The molecule has 3 aliphatic rings. The van der Waals surface area contributed by atoms with Crippen molar-refractivity contribution in [2.45, 2.75) is 37.5 Å². The van der Waals surface area contributed by atoms with Gasteiger partial charge in [0.1, 0.15) is 0 Å². The number of rotatable bonds is 5. The first-order chi connectivity index (χ1) is 30.0. The van der Waals surface area contributed by atoms with E-state index in [4.69, 9.17) is 0 Å². The molecular formula is C60H45N. The highest BCUT2D eigenvalue weighted by molar-refractivity contribution is 5.95. The molecule has 1 spiro atoms. The third kappa shape index (κ3) is 5.26. The van der Waals surface area contributed by atoms with Crippen LogP contribution in [0.4, 0.5) is 17.1 Å². The Bertz CT molecular complexity index is 3120. The minimum atomic E-state index is -0.474. The van der Waals surface area contributed by atoms with Crippen molar-refractivity contribution in [3.8, 4) is 44.5 Å². The normalized spacial score (nSPS) is 14.5. The lowest BCUT2D eigenvalue weighted by Crippen LogP contribution is -2.30. The smallest absolute Gasteiger partial charge is 0.0719 e. The van der Waals surface area contributed by atoms with Crippen molar-refractivity contribution < 1.29 is 0 Å². The second kappa shape index (κ2) is 13.7. The molecule has 290 valence electrons. The molecule has 12 rings (SSSR count). The number of hydrogen-bond donors (Lipinski definition) is 0. The zero-order valence-electron chi connectivity index (χ0n) is 34.6. The second-order valence-corrected chi connectivity index (χ2v) is 17.5. The highest BCUT2D eigenvalue weighted by atomic mass is 15.1. The Morgan fingerprint density at radius 3 is 1.44 bits per heavy atom. The van der Waals surface area contributed by atoms with Crippen LogP contribution in [0, 0.1) is 0 Å². The Hall–Kier alpha value is -7.22. The maximum absolute atomic E-state index is 2.54. The predicted octanol–water partition coefficient (Wildman–Crippen LogP) is 15.3. The lowest BCUT2D eigenvalue weighted by Gasteiger charge is -2.36. The van der Waals surface area contributed by atoms with E-state index >= 15 is 0 Å². The van der Waals surface area contributed by atoms with Crippen LogP contribution < -0.4 is 4.90 Å². The summed E-state index contributed by atoms with van der Waals surface area (Å²) < 4.78 is 0. The van der Waals surface area contributed by atoms with Crippen LogP contribution in [0.3, 0.4) is 0 Å². The maximum atomic E-state index is 2.54. The van der Waals surface area contributed by atoms with E-state index in [-0.39, 0.29) is 5.41 Å². The molecule has 0 saturated carbocycles. The summed E-state index contributed by atoms with van der Waals surface area (Å²) in [5.41, 5.74) is 23.9. The van der Waals surface area contributed by atoms with Crippen molar-refractivity contribution in [3.05, 3.63) is 257 Å². The molecular weight excluding hydrogens is 735 g/mol. The Morgan fingerprint density at radius 1 is 0.328 bits per heavy atom. The van der Waals surface area contributed by atoms with Crippen molar-refractivity contribution in [2.75, 3.05) is 4.90 Å². The molecule has 0 amide bonds. The van der Waals surface area contributed by atoms with Crippen LogP contribution in [0.2, 0.25) is 0 Å². The van der Waals surface area contributed by atoms with E-state index in [1.54, 1.807) is 0 Å². The summed E-state index contributed by atoms with van der Waals surface area (Å²) in [6.07, 6.45) is 2.03. The molecule has 3 aliphatic carbocycles. The molecule has 1 heteroatoms. The third-order valence-corrected chi connectivity index (χ3v) is 14.0. The summed E-state index contributed by atoms with van der Waals surface area (Å²) >= 11 is 0. The van der Waals surface area contributed by atoms with Gasteiger partial charge in [-0.25, -0.2) is 0 Å². The largest absolute Gasteiger partial charge is 0.310 e. The second-order valence-electron chi connectivity index (χ2n) is 17.5. The summed E-state index contributed by atoms with van der Waals surface area (Å²) in [5.74, 6) is 0. The van der Waals surface area contributed by atoms with Crippen LogP contribution in [0.1, 0.15) is 58.4 Å². The predicted molar refractivity (Wildman–Crippen MR) is 254 cm³/mol. The van der Waals surface area contributed by atoms with Gasteiger partial charge in [-0.3, -0.25) is 0 Å². The first kappa shape index (κ1) is 35.7. The van der Waals surface area contributed by atoms with Crippen LogP contribution in [0.25, 0.3) is 44.5 Å². The standard InChI is InChI=1S/C60H45N/c1-59(2)54-27-15-11-23-47(54)49-34-32-45(38-56(49)59)61(58-36-31-44(40-17-5-3-6-18-40)37-51(58)41-19-7-4-8-20-41)46-33-35-50-48-24-12-16-28-55(48)60(57(50)39-46)52-25-13-9-21-42(52)29-30-43-22-10-14-26-53(43)60/h3-28,31-39H,29-30H2,1-2H3. The summed E-state index contributed by atoms with van der Waals surface area (Å²) in [4.78, 5) is 2.54. The average molecular weight is 780 g/mol. The van der Waals surface area contributed by atoms with Crippen LogP contribution >= 0.6 is 0 Å². The third-order valence-electron chi connectivity index (χ3n) is 14.0. The van der Waals surface area contributed by atoms with Gasteiger partial charge < -0.3 is 4.90 Å². The van der Waals surface area contributed by atoms with Crippen LogP contribution in [0.15, 0.2) is 212 Å². The minimum absolute atomic E-state index is 0.148. The average Bonchev–Trinajstić information content (AvgIpc) is 3.67. The molecule has 0 radical (unpaired) electrons. The Balaban J connectivity index is 1.16. The van der Waals surface area contributed by atoms with Gasteiger partial charge in [0, 0.05) is 22.4 Å². The molecule has 0 aromatic heterocycles. The number of anilines is 3. The fraction of sp³-hybridized carbons (Fsp3) is 0.100. The molecule has 9 aromatic carbocycles. The maximum Gasteiger partial charge on any atom is 0.0719 e. The molecule has 0 heterocycles. The van der Waals surface area contributed by atoms with Crippen molar-refractivity contribution in [2.24, 2.45) is 0 Å². The van der Waals surface area contributed by atoms with E-state index in [1.165, 1.54) is 89.0 Å². The fourth-order valence-corrected chi connectivity index (χ4v) is 11.3. The molecule has 0 fully saturated rings. The van der Waals surface area contributed by atoms with Gasteiger partial charge in [-0.2, -0.15) is 0 Å². The lowest BCUT2D eigenvalue weighted by atomic mass is 9.66. The quantitative estimate of drug-likeness (QED) is 0.168. The topological polar surface area (TPSA) is 3.24 Å². The van der Waals surface area contributed by atoms with E-state index in [2.05, 4.69) is 231 Å². The Morgan fingerprint density at radius 2 is 0.803 bits per heavy atom. The molecule has 0 N–H and O–H groups in total. The van der Waals surface area contributed by atoms with Crippen molar-refractivity contribution >= 4 is 17.1 Å². The first-order valence-corrected chi connectivity index (χ1v) is 21.7. The summed E-state index contributed by atoms with van der Waals surface area (Å²) in [7, 11) is 0. The zero-order valence-corrected chi connectivity index (χ0v) is 34.6. The summed E-state index contributed by atoms with van der Waals surface area (Å²) in [5, 5.41) is 0. The Kier molecular flexibility index (Phi) is 7.99. The lowest BCUT2D eigenvalue weighted by molar-refractivity contribution is 0.660. The monoisotopic (exact) mass is 779 g/mol. The molecule has 0 atom stereocenters. The van der Waals surface area contributed by atoms with Crippen molar-refractivity contribution in [1.29, 1.82) is 0 Å². The number of nitrogens with zero attached hydrogens (tertiary/aromatic N) is 1. The van der Waals surface area contributed by atoms with Gasteiger partial charge in [0.25, 0.3) is 0 Å².